The molecule has 3 N–H and O–H groups in total. The van der Waals surface area contributed by atoms with Crippen molar-refractivity contribution < 1.29 is 34.1 Å². The number of hydrogen-bond donors (Lipinski definition) is 3. The second kappa shape index (κ2) is 11.5. The molecule has 1 atom stereocenters. The molecule has 1 aliphatic rings. The lowest BCUT2D eigenvalue weighted by Gasteiger charge is -2.23. The van der Waals surface area contributed by atoms with Gasteiger partial charge in [0.15, 0.2) is 0 Å². The van der Waals surface area contributed by atoms with Gasteiger partial charge in [-0.05, 0) is 66.6 Å². The molecule has 1 unspecified atom stereocenters. The Bertz CT molecular complexity index is 1660. The van der Waals surface area contributed by atoms with Gasteiger partial charge in [0.2, 0.25) is 5.95 Å². The number of fused-ring (bicyclic) bond motifs is 1. The average Bonchev–Trinajstić information content (AvgIpc) is 3.52. The molecule has 1 amide bonds. The highest BCUT2D eigenvalue weighted by molar-refractivity contribution is 6.51. The van der Waals surface area contributed by atoms with Crippen molar-refractivity contribution in [1.82, 2.24) is 9.97 Å². The zero-order valence-corrected chi connectivity index (χ0v) is 22.6. The maximum Gasteiger partial charge on any atom is 0.335 e. The number of hydrogen-bond acceptors (Lipinski definition) is 7. The van der Waals surface area contributed by atoms with Crippen LogP contribution >= 0.6 is 0 Å². The highest BCUT2D eigenvalue weighted by atomic mass is 16.5. The van der Waals surface area contributed by atoms with Crippen LogP contribution in [0.4, 0.5) is 5.95 Å². The number of carboxylic acids is 1. The van der Waals surface area contributed by atoms with Crippen LogP contribution in [0.5, 0.6) is 11.5 Å². The fourth-order valence-electron chi connectivity index (χ4n) is 4.83. The van der Waals surface area contributed by atoms with Crippen molar-refractivity contribution in [1.29, 1.82) is 0 Å². The van der Waals surface area contributed by atoms with Gasteiger partial charge in [-0.15, -0.1) is 0 Å². The van der Waals surface area contributed by atoms with Crippen molar-refractivity contribution in [3.63, 3.8) is 0 Å². The number of aliphatic hydroxyl groups is 1. The molecule has 0 aliphatic carbocycles. The summed E-state index contributed by atoms with van der Waals surface area (Å²) in [5.74, 6) is -2.08. The number of carbonyl (C=O) groups is 3. The third-order valence-electron chi connectivity index (χ3n) is 6.94. The fourth-order valence-corrected chi connectivity index (χ4v) is 4.83. The van der Waals surface area contributed by atoms with E-state index in [4.69, 9.17) is 9.47 Å². The maximum absolute atomic E-state index is 13.5. The summed E-state index contributed by atoms with van der Waals surface area (Å²) in [6.45, 7) is 2.69. The normalized spacial score (nSPS) is 16.3. The van der Waals surface area contributed by atoms with Crippen LogP contribution in [-0.2, 0) is 9.59 Å². The Hall–Kier alpha value is -5.12. The molecule has 1 aromatic heterocycles. The quantitative estimate of drug-likeness (QED) is 0.101. The first-order chi connectivity index (χ1) is 19.8. The van der Waals surface area contributed by atoms with Gasteiger partial charge in [0.05, 0.1) is 41.9 Å². The topological polar surface area (TPSA) is 142 Å². The van der Waals surface area contributed by atoms with Gasteiger partial charge in [-0.3, -0.25) is 14.5 Å². The number of aromatic amines is 1. The lowest BCUT2D eigenvalue weighted by Crippen LogP contribution is -2.30. The molecule has 1 aliphatic heterocycles. The summed E-state index contributed by atoms with van der Waals surface area (Å²) >= 11 is 0. The number of ether oxygens (including phenoxy) is 2. The van der Waals surface area contributed by atoms with Gasteiger partial charge in [0, 0.05) is 5.56 Å². The Kier molecular flexibility index (Phi) is 7.73. The number of benzene rings is 3. The summed E-state index contributed by atoms with van der Waals surface area (Å²) in [4.78, 5) is 47.1. The molecule has 41 heavy (non-hydrogen) atoms. The van der Waals surface area contributed by atoms with E-state index in [2.05, 4.69) is 16.9 Å². The highest BCUT2D eigenvalue weighted by Crippen LogP contribution is 2.42. The summed E-state index contributed by atoms with van der Waals surface area (Å²) in [7, 11) is 1.50. The predicted molar refractivity (Wildman–Crippen MR) is 152 cm³/mol. The molecular formula is C31H29N3O7. The van der Waals surface area contributed by atoms with Crippen LogP contribution < -0.4 is 14.4 Å². The minimum atomic E-state index is -1.11. The Morgan fingerprint density at radius 2 is 1.73 bits per heavy atom. The van der Waals surface area contributed by atoms with Crippen molar-refractivity contribution in [3.8, 4) is 11.5 Å². The number of nitrogens with zero attached hydrogens (tertiary/aromatic N) is 2. The number of nitrogens with one attached hydrogen (secondary N) is 1. The summed E-state index contributed by atoms with van der Waals surface area (Å²) in [6, 6.07) is 16.8. The van der Waals surface area contributed by atoms with E-state index >= 15 is 0 Å². The Morgan fingerprint density at radius 3 is 2.44 bits per heavy atom. The van der Waals surface area contributed by atoms with Crippen molar-refractivity contribution in [2.24, 2.45) is 0 Å². The van der Waals surface area contributed by atoms with E-state index in [-0.39, 0.29) is 22.8 Å². The number of H-pyrrole nitrogens is 1. The van der Waals surface area contributed by atoms with Crippen LogP contribution in [0.15, 0.2) is 72.3 Å². The van der Waals surface area contributed by atoms with Crippen molar-refractivity contribution >= 4 is 40.4 Å². The first-order valence-corrected chi connectivity index (χ1v) is 13.2. The number of aromatic carboxylic acids is 1. The fraction of sp³-hybridized carbons (Fsp3) is 0.226. The molecule has 1 saturated heterocycles. The van der Waals surface area contributed by atoms with E-state index in [0.29, 0.717) is 40.3 Å². The Labute approximate surface area is 235 Å². The largest absolute Gasteiger partial charge is 0.507 e. The third-order valence-corrected chi connectivity index (χ3v) is 6.94. The number of amides is 1. The zero-order valence-electron chi connectivity index (χ0n) is 22.6. The van der Waals surface area contributed by atoms with Gasteiger partial charge in [-0.25, -0.2) is 9.78 Å². The highest BCUT2D eigenvalue weighted by Gasteiger charge is 2.48. The molecular weight excluding hydrogens is 526 g/mol. The lowest BCUT2D eigenvalue weighted by molar-refractivity contribution is -0.132. The lowest BCUT2D eigenvalue weighted by atomic mass is 9.95. The monoisotopic (exact) mass is 555 g/mol. The van der Waals surface area contributed by atoms with Gasteiger partial charge in [-0.1, -0.05) is 31.9 Å². The SMILES string of the molecule is CCCCCOc1ccc(/C(O)=C2\C(=O)C(=O)N(c3nc4ccc(C(=O)O)cc4[nH]3)C2c2cccc(OC)c2)cc1. The molecule has 2 heterocycles. The number of unbranched alkanes of at least 4 members (excludes halogenated alkanes) is 2. The predicted octanol–water partition coefficient (Wildman–Crippen LogP) is 5.47. The average molecular weight is 556 g/mol. The molecule has 3 aromatic carbocycles. The molecule has 0 radical (unpaired) electrons. The van der Waals surface area contributed by atoms with E-state index < -0.39 is 23.7 Å². The summed E-state index contributed by atoms with van der Waals surface area (Å²) in [5.41, 5.74) is 1.55. The first-order valence-electron chi connectivity index (χ1n) is 13.2. The number of rotatable bonds is 10. The zero-order chi connectivity index (χ0) is 29.1. The van der Waals surface area contributed by atoms with E-state index in [0.717, 1.165) is 19.3 Å². The smallest absolute Gasteiger partial charge is 0.335 e. The van der Waals surface area contributed by atoms with Crippen LogP contribution in [0.2, 0.25) is 0 Å². The number of imidazole rings is 1. The van der Waals surface area contributed by atoms with Gasteiger partial charge in [0.25, 0.3) is 5.78 Å². The Morgan fingerprint density at radius 1 is 0.976 bits per heavy atom. The molecule has 0 spiro atoms. The van der Waals surface area contributed by atoms with Gasteiger partial charge < -0.3 is 24.7 Å². The molecule has 0 bridgehead atoms. The van der Waals surface area contributed by atoms with Crippen molar-refractivity contribution in [2.75, 3.05) is 18.6 Å². The van der Waals surface area contributed by atoms with E-state index in [1.165, 1.54) is 30.2 Å². The van der Waals surface area contributed by atoms with Gasteiger partial charge in [-0.2, -0.15) is 0 Å². The number of aliphatic hydroxyl groups excluding tert-OH is 1. The molecule has 0 saturated carbocycles. The first kappa shape index (κ1) is 27.4. The standard InChI is InChI=1S/C31H29N3O7/c1-3-4-5-15-41-21-12-9-18(10-13-21)27(35)25-26(19-7-6-8-22(16-19)40-2)34(29(37)28(25)36)31-32-23-14-11-20(30(38)39)17-24(23)33-31/h6-14,16-17,26,35H,3-5,15H2,1-2H3,(H,32,33)(H,38,39)/b27-25+. The van der Waals surface area contributed by atoms with Crippen LogP contribution in [0.25, 0.3) is 16.8 Å². The van der Waals surface area contributed by atoms with Crippen molar-refractivity contribution in [2.45, 2.75) is 32.2 Å². The number of carbonyl (C=O) groups excluding carboxylic acids is 2. The summed E-state index contributed by atoms with van der Waals surface area (Å²) in [5, 5.41) is 20.8. The summed E-state index contributed by atoms with van der Waals surface area (Å²) in [6.07, 6.45) is 3.08. The van der Waals surface area contributed by atoms with Crippen LogP contribution in [0, 0.1) is 0 Å². The molecule has 1 fully saturated rings. The van der Waals surface area contributed by atoms with E-state index in [1.807, 2.05) is 0 Å². The molecule has 5 rings (SSSR count). The van der Waals surface area contributed by atoms with E-state index in [1.54, 1.807) is 48.5 Å². The number of methoxy groups -OCH3 is 1. The van der Waals surface area contributed by atoms with Crippen molar-refractivity contribution in [3.05, 3.63) is 89.0 Å². The Balaban J connectivity index is 1.59. The maximum atomic E-state index is 13.5. The third kappa shape index (κ3) is 5.36. The number of aromatic nitrogens is 2. The van der Waals surface area contributed by atoms with Crippen LogP contribution in [0.1, 0.15) is 53.7 Å². The minimum Gasteiger partial charge on any atom is -0.507 e. The number of Topliss-reactive ketones (excluding diaryl/α,β-unsaturated/α-hetero) is 1. The molecule has 10 heteroatoms. The number of ketones is 1. The van der Waals surface area contributed by atoms with Gasteiger partial charge >= 0.3 is 11.9 Å². The molecule has 4 aromatic rings. The molecule has 10 nitrogen and oxygen atoms in total. The summed E-state index contributed by atoms with van der Waals surface area (Å²) < 4.78 is 11.1. The molecule has 210 valence electrons. The van der Waals surface area contributed by atoms with E-state index in [9.17, 15) is 24.6 Å². The second-order valence-electron chi connectivity index (χ2n) is 9.62. The van der Waals surface area contributed by atoms with Crippen LogP contribution in [0.3, 0.4) is 0 Å². The van der Waals surface area contributed by atoms with Crippen LogP contribution in [-0.4, -0.2) is 51.6 Å². The van der Waals surface area contributed by atoms with Gasteiger partial charge in [0.1, 0.15) is 17.3 Å². The second-order valence-corrected chi connectivity index (χ2v) is 9.62. The number of anilines is 1. The minimum absolute atomic E-state index is 0.0346. The number of carboxylic acid groups (broad SMARTS) is 1.